The van der Waals surface area contributed by atoms with Crippen LogP contribution in [0, 0.1) is 3.57 Å². The van der Waals surface area contributed by atoms with Gasteiger partial charge in [-0.25, -0.2) is 4.98 Å². The van der Waals surface area contributed by atoms with Gasteiger partial charge in [-0.05, 0) is 42.0 Å². The molecular weight excluding hydrogens is 314 g/mol. The minimum atomic E-state index is 0.184. The van der Waals surface area contributed by atoms with Gasteiger partial charge >= 0.3 is 0 Å². The Hall–Kier alpha value is -0.0700. The summed E-state index contributed by atoms with van der Waals surface area (Å²) >= 11 is 7.97. The van der Waals surface area contributed by atoms with Gasteiger partial charge in [0.1, 0.15) is 5.15 Å². The molecule has 0 unspecified atom stereocenters. The average Bonchev–Trinajstić information content (AvgIpc) is 2.12. The molecule has 0 fully saturated rings. The van der Waals surface area contributed by atoms with Gasteiger partial charge in [0.25, 0.3) is 0 Å². The number of nitrogens with zero attached hydrogens (tertiary/aromatic N) is 1. The van der Waals surface area contributed by atoms with E-state index in [0.717, 1.165) is 15.7 Å². The van der Waals surface area contributed by atoms with E-state index in [1.165, 1.54) is 0 Å². The summed E-state index contributed by atoms with van der Waals surface area (Å²) in [7, 11) is 0. The lowest BCUT2D eigenvalue weighted by molar-refractivity contribution is 0.282. The Balaban J connectivity index is 2.70. The molecule has 0 bridgehead atoms. The number of aliphatic hydroxyl groups is 1. The molecule has 0 saturated carbocycles. The van der Waals surface area contributed by atoms with Gasteiger partial charge in [-0.3, -0.25) is 0 Å². The quantitative estimate of drug-likeness (QED) is 0.660. The van der Waals surface area contributed by atoms with Crippen molar-refractivity contribution in [3.63, 3.8) is 0 Å². The number of hydrogen-bond acceptors (Lipinski definition) is 3. The number of nitrogens with one attached hydrogen (secondary N) is 1. The number of halogens is 2. The van der Waals surface area contributed by atoms with Gasteiger partial charge in [0.2, 0.25) is 0 Å². The first kappa shape index (κ1) is 12.0. The highest BCUT2D eigenvalue weighted by molar-refractivity contribution is 14.1. The van der Waals surface area contributed by atoms with Crippen molar-refractivity contribution in [1.82, 2.24) is 4.98 Å². The predicted molar refractivity (Wildman–Crippen MR) is 66.8 cm³/mol. The molecule has 0 aliphatic carbocycles. The van der Waals surface area contributed by atoms with Crippen molar-refractivity contribution < 1.29 is 5.11 Å². The van der Waals surface area contributed by atoms with Gasteiger partial charge in [0.05, 0.1) is 9.26 Å². The van der Waals surface area contributed by atoms with Crippen LogP contribution in [0.3, 0.4) is 0 Å². The first-order chi connectivity index (χ1) is 6.63. The SMILES string of the molecule is C[C@H](CCO)Nc1cc(Cl)ncc1I. The maximum Gasteiger partial charge on any atom is 0.131 e. The smallest absolute Gasteiger partial charge is 0.131 e. The Bertz CT molecular complexity index is 309. The van der Waals surface area contributed by atoms with Crippen molar-refractivity contribution in [2.75, 3.05) is 11.9 Å². The summed E-state index contributed by atoms with van der Waals surface area (Å²) in [5.74, 6) is 0. The fourth-order valence-electron chi connectivity index (χ4n) is 1.06. The van der Waals surface area contributed by atoms with E-state index in [9.17, 15) is 0 Å². The fourth-order valence-corrected chi connectivity index (χ4v) is 1.66. The topological polar surface area (TPSA) is 45.1 Å². The number of pyridine rings is 1. The van der Waals surface area contributed by atoms with Crippen LogP contribution in [0.25, 0.3) is 0 Å². The van der Waals surface area contributed by atoms with E-state index >= 15 is 0 Å². The summed E-state index contributed by atoms with van der Waals surface area (Å²) in [5, 5.41) is 12.5. The molecule has 1 aromatic heterocycles. The second-order valence-corrected chi connectivity index (χ2v) is 4.59. The van der Waals surface area contributed by atoms with Gasteiger partial charge in [-0.2, -0.15) is 0 Å². The van der Waals surface area contributed by atoms with E-state index < -0.39 is 0 Å². The van der Waals surface area contributed by atoms with Crippen LogP contribution < -0.4 is 5.32 Å². The zero-order valence-electron chi connectivity index (χ0n) is 7.80. The third kappa shape index (κ3) is 3.59. The summed E-state index contributed by atoms with van der Waals surface area (Å²) in [6.07, 6.45) is 2.44. The van der Waals surface area contributed by atoms with E-state index in [0.29, 0.717) is 5.15 Å². The van der Waals surface area contributed by atoms with Crippen molar-refractivity contribution in [3.8, 4) is 0 Å². The number of hydrogen-bond donors (Lipinski definition) is 2. The van der Waals surface area contributed by atoms with E-state index in [2.05, 4.69) is 32.9 Å². The van der Waals surface area contributed by atoms with Crippen LogP contribution in [0.5, 0.6) is 0 Å². The van der Waals surface area contributed by atoms with E-state index in [1.807, 2.05) is 6.92 Å². The highest BCUT2D eigenvalue weighted by atomic mass is 127. The molecule has 1 aromatic rings. The van der Waals surface area contributed by atoms with Gasteiger partial charge in [0, 0.05) is 18.8 Å². The second kappa shape index (κ2) is 5.72. The molecule has 1 atom stereocenters. The first-order valence-corrected chi connectivity index (χ1v) is 5.77. The monoisotopic (exact) mass is 326 g/mol. The lowest BCUT2D eigenvalue weighted by atomic mass is 10.2. The largest absolute Gasteiger partial charge is 0.396 e. The fraction of sp³-hybridized carbons (Fsp3) is 0.444. The molecule has 0 amide bonds. The van der Waals surface area contributed by atoms with Gasteiger partial charge in [0.15, 0.2) is 0 Å². The number of aromatic nitrogens is 1. The van der Waals surface area contributed by atoms with Crippen LogP contribution >= 0.6 is 34.2 Å². The molecule has 0 saturated heterocycles. The molecule has 0 radical (unpaired) electrons. The molecule has 2 N–H and O–H groups in total. The highest BCUT2D eigenvalue weighted by Gasteiger charge is 2.05. The van der Waals surface area contributed by atoms with Crippen LogP contribution in [0.1, 0.15) is 13.3 Å². The van der Waals surface area contributed by atoms with Crippen LogP contribution in [-0.2, 0) is 0 Å². The van der Waals surface area contributed by atoms with Crippen molar-refractivity contribution >= 4 is 39.9 Å². The van der Waals surface area contributed by atoms with Gasteiger partial charge in [-0.1, -0.05) is 11.6 Å². The van der Waals surface area contributed by atoms with Gasteiger partial charge in [-0.15, -0.1) is 0 Å². The molecule has 14 heavy (non-hydrogen) atoms. The molecule has 0 aliphatic rings. The van der Waals surface area contributed by atoms with Crippen molar-refractivity contribution in [1.29, 1.82) is 0 Å². The Kier molecular flexibility index (Phi) is 4.91. The predicted octanol–water partition coefficient (Wildman–Crippen LogP) is 2.52. The standard InChI is InChI=1S/C9H12ClIN2O/c1-6(2-3-14)13-8-4-9(10)12-5-7(8)11/h4-6,14H,2-3H2,1H3,(H,12,13)/t6-/m1/s1. The number of rotatable bonds is 4. The maximum atomic E-state index is 8.76. The average molecular weight is 327 g/mol. The zero-order valence-corrected chi connectivity index (χ0v) is 10.7. The van der Waals surface area contributed by atoms with Crippen molar-refractivity contribution in [3.05, 3.63) is 21.0 Å². The summed E-state index contributed by atoms with van der Waals surface area (Å²) in [6, 6.07) is 2.02. The highest BCUT2D eigenvalue weighted by Crippen LogP contribution is 2.21. The molecule has 5 heteroatoms. The van der Waals surface area contributed by atoms with Crippen LogP contribution in [0.15, 0.2) is 12.3 Å². The second-order valence-electron chi connectivity index (χ2n) is 3.04. The normalized spacial score (nSPS) is 12.6. The van der Waals surface area contributed by atoms with Gasteiger partial charge < -0.3 is 10.4 Å². The lowest BCUT2D eigenvalue weighted by Gasteiger charge is -2.15. The minimum absolute atomic E-state index is 0.184. The van der Waals surface area contributed by atoms with Crippen LogP contribution in [-0.4, -0.2) is 22.7 Å². The molecular formula is C9H12ClIN2O. The minimum Gasteiger partial charge on any atom is -0.396 e. The van der Waals surface area contributed by atoms with E-state index in [4.69, 9.17) is 16.7 Å². The zero-order chi connectivity index (χ0) is 10.6. The molecule has 0 aliphatic heterocycles. The third-order valence-electron chi connectivity index (χ3n) is 1.79. The Morgan fingerprint density at radius 3 is 3.07 bits per heavy atom. The molecule has 1 heterocycles. The van der Waals surface area contributed by atoms with E-state index in [1.54, 1.807) is 12.3 Å². The molecule has 0 aromatic carbocycles. The summed E-state index contributed by atoms with van der Waals surface area (Å²) in [6.45, 7) is 2.20. The lowest BCUT2D eigenvalue weighted by Crippen LogP contribution is -2.17. The van der Waals surface area contributed by atoms with Crippen LogP contribution in [0.4, 0.5) is 5.69 Å². The molecule has 78 valence electrons. The molecule has 3 nitrogen and oxygen atoms in total. The Morgan fingerprint density at radius 2 is 2.43 bits per heavy atom. The van der Waals surface area contributed by atoms with Crippen molar-refractivity contribution in [2.45, 2.75) is 19.4 Å². The third-order valence-corrected chi connectivity index (χ3v) is 2.85. The number of aliphatic hydroxyl groups excluding tert-OH is 1. The Labute approximate surface area is 102 Å². The molecule has 0 spiro atoms. The van der Waals surface area contributed by atoms with E-state index in [-0.39, 0.29) is 12.6 Å². The Morgan fingerprint density at radius 1 is 1.71 bits per heavy atom. The summed E-state index contributed by atoms with van der Waals surface area (Å²) < 4.78 is 1.02. The van der Waals surface area contributed by atoms with Crippen LogP contribution in [0.2, 0.25) is 5.15 Å². The summed E-state index contributed by atoms with van der Waals surface area (Å²) in [4.78, 5) is 3.96. The van der Waals surface area contributed by atoms with Crippen molar-refractivity contribution in [2.24, 2.45) is 0 Å². The maximum absolute atomic E-state index is 8.76. The number of anilines is 1. The molecule has 1 rings (SSSR count). The summed E-state index contributed by atoms with van der Waals surface area (Å²) in [5.41, 5.74) is 0.964. The first-order valence-electron chi connectivity index (χ1n) is 4.32.